The maximum absolute atomic E-state index is 12.5. The summed E-state index contributed by atoms with van der Waals surface area (Å²) in [7, 11) is 0. The highest BCUT2D eigenvalue weighted by Gasteiger charge is 2.08. The van der Waals surface area contributed by atoms with Gasteiger partial charge < -0.3 is 15.4 Å². The molecule has 0 bridgehead atoms. The second-order valence-corrected chi connectivity index (χ2v) is 6.74. The van der Waals surface area contributed by atoms with Crippen molar-refractivity contribution in [2.24, 2.45) is 0 Å². The number of aromatic nitrogens is 4. The van der Waals surface area contributed by atoms with E-state index in [1.54, 1.807) is 36.8 Å². The summed E-state index contributed by atoms with van der Waals surface area (Å²) in [6.45, 7) is 4.35. The SMILES string of the molecule is CCOc1ccc(C(=O)Nc2ccc(Nc3cc(-n4ccnc4)nc(C)n3)cc2)cc1. The van der Waals surface area contributed by atoms with Gasteiger partial charge in [-0.2, -0.15) is 0 Å². The summed E-state index contributed by atoms with van der Waals surface area (Å²) in [6, 6.07) is 16.3. The van der Waals surface area contributed by atoms with Crippen LogP contribution in [-0.2, 0) is 0 Å². The summed E-state index contributed by atoms with van der Waals surface area (Å²) < 4.78 is 7.22. The molecule has 31 heavy (non-hydrogen) atoms. The second-order valence-electron chi connectivity index (χ2n) is 6.74. The van der Waals surface area contributed by atoms with Crippen molar-refractivity contribution in [2.75, 3.05) is 17.2 Å². The highest BCUT2D eigenvalue weighted by Crippen LogP contribution is 2.20. The van der Waals surface area contributed by atoms with Crippen LogP contribution in [0.5, 0.6) is 5.75 Å². The summed E-state index contributed by atoms with van der Waals surface area (Å²) in [5.41, 5.74) is 2.10. The van der Waals surface area contributed by atoms with Crippen molar-refractivity contribution in [1.82, 2.24) is 19.5 Å². The Balaban J connectivity index is 1.42. The number of amides is 1. The van der Waals surface area contributed by atoms with Gasteiger partial charge in [0.25, 0.3) is 5.91 Å². The van der Waals surface area contributed by atoms with Crippen molar-refractivity contribution in [3.63, 3.8) is 0 Å². The summed E-state index contributed by atoms with van der Waals surface area (Å²) >= 11 is 0. The lowest BCUT2D eigenvalue weighted by Gasteiger charge is -2.10. The molecule has 156 valence electrons. The molecule has 0 fully saturated rings. The Morgan fingerprint density at radius 3 is 2.45 bits per heavy atom. The molecule has 2 heterocycles. The molecule has 2 aromatic carbocycles. The van der Waals surface area contributed by atoms with Crippen LogP contribution in [0.15, 0.2) is 73.3 Å². The summed E-state index contributed by atoms with van der Waals surface area (Å²) in [5, 5.41) is 6.16. The lowest BCUT2D eigenvalue weighted by atomic mass is 10.2. The number of ether oxygens (including phenoxy) is 1. The first-order valence-electron chi connectivity index (χ1n) is 9.86. The van der Waals surface area contributed by atoms with Gasteiger partial charge in [0.15, 0.2) is 0 Å². The number of carbonyl (C=O) groups excluding carboxylic acids is 1. The summed E-state index contributed by atoms with van der Waals surface area (Å²) in [6.07, 6.45) is 5.21. The number of hydrogen-bond donors (Lipinski definition) is 2. The third kappa shape index (κ3) is 5.05. The quantitative estimate of drug-likeness (QED) is 0.467. The van der Waals surface area contributed by atoms with Gasteiger partial charge in [0.05, 0.1) is 6.61 Å². The first kappa shape index (κ1) is 20.1. The second kappa shape index (κ2) is 9.08. The van der Waals surface area contributed by atoms with E-state index in [0.717, 1.165) is 17.3 Å². The fourth-order valence-electron chi connectivity index (χ4n) is 3.00. The molecule has 8 heteroatoms. The highest BCUT2D eigenvalue weighted by atomic mass is 16.5. The molecule has 0 saturated carbocycles. The Bertz CT molecular complexity index is 1160. The van der Waals surface area contributed by atoms with Crippen LogP contribution < -0.4 is 15.4 Å². The zero-order valence-corrected chi connectivity index (χ0v) is 17.2. The van der Waals surface area contributed by atoms with Crippen LogP contribution in [0.1, 0.15) is 23.1 Å². The molecule has 2 N–H and O–H groups in total. The Kier molecular flexibility index (Phi) is 5.89. The molecule has 0 aliphatic heterocycles. The number of hydrogen-bond acceptors (Lipinski definition) is 6. The van der Waals surface area contributed by atoms with Gasteiger partial charge in [-0.3, -0.25) is 9.36 Å². The number of benzene rings is 2. The fourth-order valence-corrected chi connectivity index (χ4v) is 3.00. The largest absolute Gasteiger partial charge is 0.494 e. The average Bonchev–Trinajstić information content (AvgIpc) is 3.31. The van der Waals surface area contributed by atoms with Gasteiger partial charge in [-0.1, -0.05) is 0 Å². The molecule has 0 saturated heterocycles. The molecular weight excluding hydrogens is 392 g/mol. The van der Waals surface area contributed by atoms with Crippen molar-refractivity contribution >= 4 is 23.1 Å². The third-order valence-corrected chi connectivity index (χ3v) is 4.44. The van der Waals surface area contributed by atoms with E-state index in [2.05, 4.69) is 25.6 Å². The smallest absolute Gasteiger partial charge is 0.255 e. The van der Waals surface area contributed by atoms with E-state index >= 15 is 0 Å². The lowest BCUT2D eigenvalue weighted by molar-refractivity contribution is 0.102. The van der Waals surface area contributed by atoms with Gasteiger partial charge in [0.2, 0.25) is 0 Å². The predicted octanol–water partition coefficient (Wildman–Crippen LogP) is 4.37. The fraction of sp³-hybridized carbons (Fsp3) is 0.130. The molecule has 0 unspecified atom stereocenters. The van der Waals surface area contributed by atoms with Crippen LogP contribution in [0.2, 0.25) is 0 Å². The van der Waals surface area contributed by atoms with Crippen LogP contribution in [-0.4, -0.2) is 32.0 Å². The number of nitrogens with zero attached hydrogens (tertiary/aromatic N) is 4. The number of carbonyl (C=O) groups is 1. The van der Waals surface area contributed by atoms with Gasteiger partial charge in [-0.25, -0.2) is 15.0 Å². The van der Waals surface area contributed by atoms with Crippen LogP contribution in [0.4, 0.5) is 17.2 Å². The summed E-state index contributed by atoms with van der Waals surface area (Å²) in [4.78, 5) is 25.4. The topological polar surface area (TPSA) is 94.0 Å². The molecule has 0 aliphatic rings. The van der Waals surface area contributed by atoms with E-state index in [0.29, 0.717) is 29.5 Å². The third-order valence-electron chi connectivity index (χ3n) is 4.44. The zero-order valence-electron chi connectivity index (χ0n) is 17.2. The van der Waals surface area contributed by atoms with E-state index in [9.17, 15) is 4.79 Å². The number of aryl methyl sites for hydroxylation is 1. The van der Waals surface area contributed by atoms with E-state index in [4.69, 9.17) is 4.74 Å². The number of rotatable bonds is 7. The summed E-state index contributed by atoms with van der Waals surface area (Å²) in [5.74, 6) is 2.60. The van der Waals surface area contributed by atoms with E-state index in [1.165, 1.54) is 0 Å². The standard InChI is InChI=1S/C23H22N6O2/c1-3-31-20-10-4-17(5-11-20)23(30)28-19-8-6-18(7-9-19)27-21-14-22(26-16(2)25-21)29-13-12-24-15-29/h4-15H,3H2,1-2H3,(H,28,30)(H,25,26,27). The maximum atomic E-state index is 12.5. The molecule has 0 radical (unpaired) electrons. The van der Waals surface area contributed by atoms with Gasteiger partial charge in [-0.15, -0.1) is 0 Å². The van der Waals surface area contributed by atoms with Crippen LogP contribution in [0.3, 0.4) is 0 Å². The minimum absolute atomic E-state index is 0.180. The lowest BCUT2D eigenvalue weighted by Crippen LogP contribution is -2.11. The average molecular weight is 414 g/mol. The van der Waals surface area contributed by atoms with Crippen molar-refractivity contribution < 1.29 is 9.53 Å². The zero-order chi connectivity index (χ0) is 21.6. The molecule has 0 atom stereocenters. The van der Waals surface area contributed by atoms with Crippen molar-refractivity contribution in [3.8, 4) is 11.6 Å². The monoisotopic (exact) mass is 414 g/mol. The van der Waals surface area contributed by atoms with Crippen LogP contribution >= 0.6 is 0 Å². The highest BCUT2D eigenvalue weighted by molar-refractivity contribution is 6.04. The van der Waals surface area contributed by atoms with Crippen LogP contribution in [0, 0.1) is 6.92 Å². The minimum atomic E-state index is -0.180. The molecule has 2 aromatic heterocycles. The number of imidazole rings is 1. The first-order chi connectivity index (χ1) is 15.1. The van der Waals surface area contributed by atoms with Crippen molar-refractivity contribution in [2.45, 2.75) is 13.8 Å². The van der Waals surface area contributed by atoms with Gasteiger partial charge in [0, 0.05) is 35.4 Å². The van der Waals surface area contributed by atoms with Crippen molar-refractivity contribution in [1.29, 1.82) is 0 Å². The molecule has 4 rings (SSSR count). The van der Waals surface area contributed by atoms with E-state index in [1.807, 2.05) is 54.9 Å². The molecule has 0 spiro atoms. The predicted molar refractivity (Wildman–Crippen MR) is 119 cm³/mol. The van der Waals surface area contributed by atoms with Gasteiger partial charge in [0.1, 0.15) is 29.5 Å². The molecule has 4 aromatic rings. The van der Waals surface area contributed by atoms with E-state index < -0.39 is 0 Å². The number of anilines is 3. The number of nitrogens with one attached hydrogen (secondary N) is 2. The maximum Gasteiger partial charge on any atom is 0.255 e. The van der Waals surface area contributed by atoms with Gasteiger partial charge >= 0.3 is 0 Å². The molecule has 8 nitrogen and oxygen atoms in total. The van der Waals surface area contributed by atoms with Gasteiger partial charge in [-0.05, 0) is 62.4 Å². The molecular formula is C23H22N6O2. The first-order valence-corrected chi connectivity index (χ1v) is 9.86. The Hall–Kier alpha value is -4.20. The Morgan fingerprint density at radius 1 is 1.03 bits per heavy atom. The van der Waals surface area contributed by atoms with Crippen molar-refractivity contribution in [3.05, 3.63) is 84.7 Å². The Morgan fingerprint density at radius 2 is 1.77 bits per heavy atom. The normalized spacial score (nSPS) is 10.5. The van der Waals surface area contributed by atoms with E-state index in [-0.39, 0.29) is 5.91 Å². The van der Waals surface area contributed by atoms with Crippen LogP contribution in [0.25, 0.3) is 5.82 Å². The molecule has 1 amide bonds. The Labute approximate surface area is 180 Å². The minimum Gasteiger partial charge on any atom is -0.494 e. The molecule has 0 aliphatic carbocycles.